The van der Waals surface area contributed by atoms with Crippen molar-refractivity contribution in [2.45, 2.75) is 32.6 Å². The first kappa shape index (κ1) is 12.8. The van der Waals surface area contributed by atoms with Crippen molar-refractivity contribution in [2.24, 2.45) is 5.92 Å². The van der Waals surface area contributed by atoms with Crippen molar-refractivity contribution < 1.29 is 13.6 Å². The molecule has 1 rings (SSSR count). The van der Waals surface area contributed by atoms with E-state index < -0.39 is 18.1 Å². The van der Waals surface area contributed by atoms with Gasteiger partial charge in [-0.25, -0.2) is 0 Å². The van der Waals surface area contributed by atoms with Gasteiger partial charge < -0.3 is 0 Å². The third kappa shape index (κ3) is 3.72. The fraction of sp³-hybridized carbons (Fsp3) is 0.462. The van der Waals surface area contributed by atoms with Crippen LogP contribution in [0, 0.1) is 5.92 Å². The molecule has 0 aliphatic carbocycles. The fourth-order valence-electron chi connectivity index (χ4n) is 1.47. The number of carbonyl (C=O) groups is 1. The van der Waals surface area contributed by atoms with Crippen molar-refractivity contribution in [1.29, 1.82) is 0 Å². The van der Waals surface area contributed by atoms with Crippen molar-refractivity contribution in [3.63, 3.8) is 0 Å². The zero-order valence-electron chi connectivity index (χ0n) is 9.54. The number of ketones is 1. The summed E-state index contributed by atoms with van der Waals surface area (Å²) in [7, 11) is 0. The minimum absolute atomic E-state index is 0.0332. The predicted molar refractivity (Wildman–Crippen MR) is 59.6 cm³/mol. The lowest BCUT2D eigenvalue weighted by Gasteiger charge is -2.16. The van der Waals surface area contributed by atoms with Crippen LogP contribution in [0.1, 0.15) is 25.8 Å². The van der Waals surface area contributed by atoms with E-state index in [1.165, 1.54) is 0 Å². The molecule has 0 bridgehead atoms. The third-order valence-corrected chi connectivity index (χ3v) is 2.27. The van der Waals surface area contributed by atoms with E-state index in [1.54, 1.807) is 44.2 Å². The molecule has 0 saturated carbocycles. The molecule has 0 heterocycles. The lowest BCUT2D eigenvalue weighted by molar-refractivity contribution is -0.143. The van der Waals surface area contributed by atoms with Crippen LogP contribution in [0.2, 0.25) is 0 Å². The van der Waals surface area contributed by atoms with E-state index in [9.17, 15) is 13.6 Å². The van der Waals surface area contributed by atoms with Crippen LogP contribution in [0.3, 0.4) is 0 Å². The van der Waals surface area contributed by atoms with E-state index in [0.717, 1.165) is 0 Å². The van der Waals surface area contributed by atoms with Crippen molar-refractivity contribution in [1.82, 2.24) is 0 Å². The number of halogens is 2. The van der Waals surface area contributed by atoms with E-state index in [2.05, 4.69) is 0 Å². The Kier molecular flexibility index (Phi) is 4.16. The largest absolute Gasteiger partial charge is 0.309 e. The molecule has 0 aliphatic heterocycles. The van der Waals surface area contributed by atoms with Gasteiger partial charge in [0.2, 0.25) is 5.78 Å². The molecule has 0 atom stereocenters. The Labute approximate surface area is 94.5 Å². The van der Waals surface area contributed by atoms with Crippen LogP contribution in [-0.4, -0.2) is 11.7 Å². The van der Waals surface area contributed by atoms with Gasteiger partial charge in [-0.15, -0.1) is 0 Å². The molecule has 0 aliphatic rings. The molecule has 0 spiro atoms. The molecular formula is C13H16F2O. The highest BCUT2D eigenvalue weighted by Crippen LogP contribution is 2.24. The molecule has 0 fully saturated rings. The Morgan fingerprint density at radius 3 is 2.31 bits per heavy atom. The van der Waals surface area contributed by atoms with E-state index >= 15 is 0 Å². The summed E-state index contributed by atoms with van der Waals surface area (Å²) < 4.78 is 27.0. The molecule has 0 N–H and O–H groups in total. The number of hydrogen-bond donors (Lipinski definition) is 0. The van der Waals surface area contributed by atoms with Gasteiger partial charge >= 0.3 is 5.92 Å². The lowest BCUT2D eigenvalue weighted by atomic mass is 9.98. The average molecular weight is 226 g/mol. The molecule has 16 heavy (non-hydrogen) atoms. The van der Waals surface area contributed by atoms with Gasteiger partial charge in [0, 0.05) is 12.8 Å². The van der Waals surface area contributed by atoms with Crippen molar-refractivity contribution in [2.75, 3.05) is 0 Å². The van der Waals surface area contributed by atoms with Gasteiger partial charge in [0.25, 0.3) is 0 Å². The van der Waals surface area contributed by atoms with Gasteiger partial charge in [-0.2, -0.15) is 8.78 Å². The van der Waals surface area contributed by atoms with Gasteiger partial charge in [-0.3, -0.25) is 4.79 Å². The first-order valence-corrected chi connectivity index (χ1v) is 5.37. The van der Waals surface area contributed by atoms with Gasteiger partial charge in [-0.05, 0) is 11.5 Å². The second-order valence-corrected chi connectivity index (χ2v) is 4.39. The first-order chi connectivity index (χ1) is 7.42. The quantitative estimate of drug-likeness (QED) is 0.751. The first-order valence-electron chi connectivity index (χ1n) is 5.37. The monoisotopic (exact) mass is 226 g/mol. The van der Waals surface area contributed by atoms with E-state index in [0.29, 0.717) is 5.56 Å². The average Bonchev–Trinajstić information content (AvgIpc) is 2.17. The van der Waals surface area contributed by atoms with Crippen LogP contribution >= 0.6 is 0 Å². The minimum Gasteiger partial charge on any atom is -0.293 e. The van der Waals surface area contributed by atoms with Gasteiger partial charge in [0.15, 0.2) is 0 Å². The van der Waals surface area contributed by atoms with Crippen LogP contribution < -0.4 is 0 Å². The highest BCUT2D eigenvalue weighted by molar-refractivity contribution is 5.86. The second-order valence-electron chi connectivity index (χ2n) is 4.39. The molecule has 0 aromatic heterocycles. The van der Waals surface area contributed by atoms with Crippen LogP contribution in [0.25, 0.3) is 0 Å². The van der Waals surface area contributed by atoms with Gasteiger partial charge in [-0.1, -0.05) is 44.2 Å². The fourth-order valence-corrected chi connectivity index (χ4v) is 1.47. The Morgan fingerprint density at radius 2 is 1.81 bits per heavy atom. The Bertz CT molecular complexity index is 344. The van der Waals surface area contributed by atoms with E-state index in [1.807, 2.05) is 0 Å². The molecule has 0 radical (unpaired) electrons. The number of Topliss-reactive ketones (excluding diaryl/α,β-unsaturated/α-hetero) is 1. The SMILES string of the molecule is CC(C)CC(=O)C(F)(F)Cc1ccccc1. The Balaban J connectivity index is 2.68. The zero-order chi connectivity index (χ0) is 12.2. The number of rotatable bonds is 5. The van der Waals surface area contributed by atoms with Crippen LogP contribution in [0.5, 0.6) is 0 Å². The number of alkyl halides is 2. The summed E-state index contributed by atoms with van der Waals surface area (Å²) in [6.07, 6.45) is -0.570. The Hall–Kier alpha value is -1.25. The second kappa shape index (κ2) is 5.19. The van der Waals surface area contributed by atoms with Crippen molar-refractivity contribution in [3.05, 3.63) is 35.9 Å². The van der Waals surface area contributed by atoms with Crippen molar-refractivity contribution in [3.8, 4) is 0 Å². The topological polar surface area (TPSA) is 17.1 Å². The molecule has 1 aromatic rings. The third-order valence-electron chi connectivity index (χ3n) is 2.27. The van der Waals surface area contributed by atoms with Gasteiger partial charge in [0.05, 0.1) is 0 Å². The van der Waals surface area contributed by atoms with Gasteiger partial charge in [0.1, 0.15) is 0 Å². The predicted octanol–water partition coefficient (Wildman–Crippen LogP) is 3.48. The maximum atomic E-state index is 13.5. The maximum absolute atomic E-state index is 13.5. The minimum atomic E-state index is -3.24. The summed E-state index contributed by atoms with van der Waals surface area (Å²) in [4.78, 5) is 11.3. The molecule has 0 saturated heterocycles. The van der Waals surface area contributed by atoms with Crippen LogP contribution in [-0.2, 0) is 11.2 Å². The molecule has 1 nitrogen and oxygen atoms in total. The summed E-state index contributed by atoms with van der Waals surface area (Å²) in [5, 5.41) is 0. The maximum Gasteiger partial charge on any atom is 0.309 e. The number of carbonyl (C=O) groups excluding carboxylic acids is 1. The highest BCUT2D eigenvalue weighted by atomic mass is 19.3. The molecule has 3 heteroatoms. The number of benzene rings is 1. The highest BCUT2D eigenvalue weighted by Gasteiger charge is 2.38. The zero-order valence-corrected chi connectivity index (χ0v) is 9.54. The van der Waals surface area contributed by atoms with Crippen molar-refractivity contribution >= 4 is 5.78 Å². The summed E-state index contributed by atoms with van der Waals surface area (Å²) in [5.41, 5.74) is 0.490. The molecule has 0 unspecified atom stereocenters. The summed E-state index contributed by atoms with van der Waals surface area (Å²) in [6, 6.07) is 8.36. The molecule has 1 aromatic carbocycles. The van der Waals surface area contributed by atoms with Crippen LogP contribution in [0.4, 0.5) is 8.78 Å². The summed E-state index contributed by atoms with van der Waals surface area (Å²) in [6.45, 7) is 3.52. The number of hydrogen-bond acceptors (Lipinski definition) is 1. The molecule has 88 valence electrons. The lowest BCUT2D eigenvalue weighted by Crippen LogP contribution is -2.32. The molecular weight excluding hydrogens is 210 g/mol. The van der Waals surface area contributed by atoms with Crippen LogP contribution in [0.15, 0.2) is 30.3 Å². The smallest absolute Gasteiger partial charge is 0.293 e. The summed E-state index contributed by atoms with van der Waals surface area (Å²) in [5.74, 6) is -4.24. The Morgan fingerprint density at radius 1 is 1.25 bits per heavy atom. The van der Waals surface area contributed by atoms with E-state index in [4.69, 9.17) is 0 Å². The molecule has 0 amide bonds. The summed E-state index contributed by atoms with van der Waals surface area (Å²) >= 11 is 0. The van der Waals surface area contributed by atoms with E-state index in [-0.39, 0.29) is 12.3 Å². The standard InChI is InChI=1S/C13H16F2O/c1-10(2)8-12(16)13(14,15)9-11-6-4-3-5-7-11/h3-7,10H,8-9H2,1-2H3. The normalized spacial score (nSPS) is 11.8.